The third kappa shape index (κ3) is 6.57. The SMILES string of the molecule is CC(=O)NCCCCCC(=O)N1C[C@@H](C)O[C@H](C)C1. The van der Waals surface area contributed by atoms with Gasteiger partial charge in [-0.1, -0.05) is 6.42 Å². The van der Waals surface area contributed by atoms with Gasteiger partial charge in [-0.25, -0.2) is 0 Å². The minimum Gasteiger partial charge on any atom is -0.372 e. The molecule has 0 radical (unpaired) electrons. The predicted molar refractivity (Wildman–Crippen MR) is 73.7 cm³/mol. The Morgan fingerprint density at radius 1 is 1.16 bits per heavy atom. The van der Waals surface area contributed by atoms with Crippen molar-refractivity contribution in [3.63, 3.8) is 0 Å². The summed E-state index contributed by atoms with van der Waals surface area (Å²) in [6.07, 6.45) is 3.65. The second-order valence-corrected chi connectivity index (χ2v) is 5.35. The Labute approximate surface area is 115 Å². The minimum atomic E-state index is 0.00682. The molecule has 1 saturated heterocycles. The number of morpholine rings is 1. The van der Waals surface area contributed by atoms with Crippen molar-refractivity contribution in [3.8, 4) is 0 Å². The summed E-state index contributed by atoms with van der Waals surface area (Å²) >= 11 is 0. The van der Waals surface area contributed by atoms with Crippen LogP contribution >= 0.6 is 0 Å². The zero-order valence-electron chi connectivity index (χ0n) is 12.3. The average molecular weight is 270 g/mol. The van der Waals surface area contributed by atoms with Gasteiger partial charge in [-0.15, -0.1) is 0 Å². The fourth-order valence-corrected chi connectivity index (χ4v) is 2.38. The fourth-order valence-electron chi connectivity index (χ4n) is 2.38. The van der Waals surface area contributed by atoms with E-state index >= 15 is 0 Å². The summed E-state index contributed by atoms with van der Waals surface area (Å²) in [6, 6.07) is 0. The van der Waals surface area contributed by atoms with Gasteiger partial charge in [0.1, 0.15) is 0 Å². The molecule has 0 aromatic rings. The summed E-state index contributed by atoms with van der Waals surface area (Å²) in [6.45, 7) is 7.64. The van der Waals surface area contributed by atoms with Gasteiger partial charge in [0.05, 0.1) is 12.2 Å². The zero-order chi connectivity index (χ0) is 14.3. The lowest BCUT2D eigenvalue weighted by molar-refractivity contribution is -0.143. The van der Waals surface area contributed by atoms with Crippen LogP contribution in [0.5, 0.6) is 0 Å². The number of ether oxygens (including phenoxy) is 1. The van der Waals surface area contributed by atoms with Crippen molar-refractivity contribution in [3.05, 3.63) is 0 Å². The van der Waals surface area contributed by atoms with E-state index < -0.39 is 0 Å². The molecule has 5 nitrogen and oxygen atoms in total. The first-order valence-electron chi connectivity index (χ1n) is 7.16. The normalized spacial score (nSPS) is 23.2. The molecular weight excluding hydrogens is 244 g/mol. The Morgan fingerprint density at radius 2 is 1.79 bits per heavy atom. The van der Waals surface area contributed by atoms with E-state index in [1.165, 1.54) is 6.92 Å². The lowest BCUT2D eigenvalue weighted by Gasteiger charge is -2.35. The van der Waals surface area contributed by atoms with Gasteiger partial charge < -0.3 is 15.0 Å². The van der Waals surface area contributed by atoms with Crippen LogP contribution in [-0.4, -0.2) is 48.6 Å². The third-order valence-corrected chi connectivity index (χ3v) is 3.21. The van der Waals surface area contributed by atoms with Crippen LogP contribution in [0.1, 0.15) is 46.5 Å². The molecule has 110 valence electrons. The number of amides is 2. The van der Waals surface area contributed by atoms with Crippen molar-refractivity contribution in [2.24, 2.45) is 0 Å². The van der Waals surface area contributed by atoms with Gasteiger partial charge >= 0.3 is 0 Å². The summed E-state index contributed by atoms with van der Waals surface area (Å²) < 4.78 is 5.61. The molecule has 0 aromatic heterocycles. The smallest absolute Gasteiger partial charge is 0.222 e. The molecule has 1 fully saturated rings. The molecule has 0 bridgehead atoms. The van der Waals surface area contributed by atoms with E-state index in [0.717, 1.165) is 19.3 Å². The Bertz CT molecular complexity index is 297. The zero-order valence-corrected chi connectivity index (χ0v) is 12.3. The molecule has 19 heavy (non-hydrogen) atoms. The largest absolute Gasteiger partial charge is 0.372 e. The molecule has 2 atom stereocenters. The third-order valence-electron chi connectivity index (χ3n) is 3.21. The molecule has 0 saturated carbocycles. The highest BCUT2D eigenvalue weighted by Gasteiger charge is 2.25. The fraction of sp³-hybridized carbons (Fsp3) is 0.857. The molecule has 5 heteroatoms. The maximum absolute atomic E-state index is 12.0. The van der Waals surface area contributed by atoms with Gasteiger partial charge in [0.2, 0.25) is 11.8 Å². The molecular formula is C14H26N2O3. The summed E-state index contributed by atoms with van der Waals surface area (Å²) in [5, 5.41) is 2.76. The van der Waals surface area contributed by atoms with Crippen LogP contribution in [0, 0.1) is 0 Å². The molecule has 2 amide bonds. The molecule has 1 aliphatic heterocycles. The van der Waals surface area contributed by atoms with E-state index in [-0.39, 0.29) is 24.0 Å². The Kier molecular flexibility index (Phi) is 6.84. The number of carbonyl (C=O) groups is 2. The molecule has 1 rings (SSSR count). The van der Waals surface area contributed by atoms with Crippen LogP contribution in [0.15, 0.2) is 0 Å². The Balaban J connectivity index is 2.12. The standard InChI is InChI=1S/C14H26N2O3/c1-11-9-16(10-12(2)19-11)14(18)7-5-4-6-8-15-13(3)17/h11-12H,4-10H2,1-3H3,(H,15,17)/t11-,12-/m1/s1. The maximum Gasteiger partial charge on any atom is 0.222 e. The van der Waals surface area contributed by atoms with Crippen molar-refractivity contribution in [1.29, 1.82) is 0 Å². The Hall–Kier alpha value is -1.10. The first-order chi connectivity index (χ1) is 8.99. The van der Waals surface area contributed by atoms with Gasteiger partial charge in [0, 0.05) is 33.0 Å². The van der Waals surface area contributed by atoms with Crippen LogP contribution in [-0.2, 0) is 14.3 Å². The van der Waals surface area contributed by atoms with Gasteiger partial charge in [-0.3, -0.25) is 9.59 Å². The van der Waals surface area contributed by atoms with E-state index in [1.54, 1.807) is 0 Å². The topological polar surface area (TPSA) is 58.6 Å². The summed E-state index contributed by atoms with van der Waals surface area (Å²) in [7, 11) is 0. The molecule has 1 aliphatic rings. The molecule has 1 heterocycles. The summed E-state index contributed by atoms with van der Waals surface area (Å²) in [5.74, 6) is 0.230. The number of unbranched alkanes of at least 4 members (excludes halogenated alkanes) is 2. The first kappa shape index (κ1) is 16.0. The van der Waals surface area contributed by atoms with Gasteiger partial charge in [-0.05, 0) is 26.7 Å². The van der Waals surface area contributed by atoms with Crippen molar-refractivity contribution in [2.45, 2.75) is 58.7 Å². The van der Waals surface area contributed by atoms with Gasteiger partial charge in [-0.2, -0.15) is 0 Å². The molecule has 0 aromatic carbocycles. The molecule has 1 N–H and O–H groups in total. The average Bonchev–Trinajstić information content (AvgIpc) is 2.31. The van der Waals surface area contributed by atoms with Crippen LogP contribution in [0.2, 0.25) is 0 Å². The first-order valence-corrected chi connectivity index (χ1v) is 7.16. The molecule has 0 aliphatic carbocycles. The van der Waals surface area contributed by atoms with Gasteiger partial charge in [0.25, 0.3) is 0 Å². The van der Waals surface area contributed by atoms with Crippen molar-refractivity contribution < 1.29 is 14.3 Å². The number of rotatable bonds is 6. The number of carbonyl (C=O) groups excluding carboxylic acids is 2. The number of hydrogen-bond acceptors (Lipinski definition) is 3. The lowest BCUT2D eigenvalue weighted by Crippen LogP contribution is -2.48. The van der Waals surface area contributed by atoms with Crippen LogP contribution in [0.3, 0.4) is 0 Å². The van der Waals surface area contributed by atoms with E-state index in [1.807, 2.05) is 18.7 Å². The second kappa shape index (κ2) is 8.15. The summed E-state index contributed by atoms with van der Waals surface area (Å²) in [5.41, 5.74) is 0. The molecule has 0 unspecified atom stereocenters. The van der Waals surface area contributed by atoms with Crippen molar-refractivity contribution in [2.75, 3.05) is 19.6 Å². The number of nitrogens with one attached hydrogen (secondary N) is 1. The highest BCUT2D eigenvalue weighted by atomic mass is 16.5. The van der Waals surface area contributed by atoms with E-state index in [4.69, 9.17) is 4.74 Å². The van der Waals surface area contributed by atoms with E-state index in [0.29, 0.717) is 26.1 Å². The van der Waals surface area contributed by atoms with Gasteiger partial charge in [0.15, 0.2) is 0 Å². The van der Waals surface area contributed by atoms with E-state index in [2.05, 4.69) is 5.32 Å². The van der Waals surface area contributed by atoms with E-state index in [9.17, 15) is 9.59 Å². The summed E-state index contributed by atoms with van der Waals surface area (Å²) in [4.78, 5) is 24.6. The predicted octanol–water partition coefficient (Wildman–Crippen LogP) is 1.32. The maximum atomic E-state index is 12.0. The highest BCUT2D eigenvalue weighted by molar-refractivity contribution is 5.76. The quantitative estimate of drug-likeness (QED) is 0.741. The van der Waals surface area contributed by atoms with Crippen molar-refractivity contribution >= 4 is 11.8 Å². The Morgan fingerprint density at radius 3 is 2.37 bits per heavy atom. The van der Waals surface area contributed by atoms with Crippen LogP contribution < -0.4 is 5.32 Å². The highest BCUT2D eigenvalue weighted by Crippen LogP contribution is 2.13. The second-order valence-electron chi connectivity index (χ2n) is 5.35. The minimum absolute atomic E-state index is 0.00682. The number of hydrogen-bond donors (Lipinski definition) is 1. The monoisotopic (exact) mass is 270 g/mol. The van der Waals surface area contributed by atoms with Crippen molar-refractivity contribution in [1.82, 2.24) is 10.2 Å². The lowest BCUT2D eigenvalue weighted by atomic mass is 10.1. The van der Waals surface area contributed by atoms with Crippen LogP contribution in [0.4, 0.5) is 0 Å². The number of nitrogens with zero attached hydrogens (tertiary/aromatic N) is 1. The molecule has 0 spiro atoms. The van der Waals surface area contributed by atoms with Crippen LogP contribution in [0.25, 0.3) is 0 Å².